The van der Waals surface area contributed by atoms with E-state index in [-0.39, 0.29) is 11.8 Å². The van der Waals surface area contributed by atoms with Crippen LogP contribution in [-0.2, 0) is 4.79 Å². The number of nitrogens with one attached hydrogen (secondary N) is 1. The van der Waals surface area contributed by atoms with Crippen LogP contribution in [-0.4, -0.2) is 29.3 Å². The molecule has 0 spiro atoms. The molecule has 1 fully saturated rings. The van der Waals surface area contributed by atoms with E-state index in [1.807, 2.05) is 23.1 Å². The predicted molar refractivity (Wildman–Crippen MR) is 79.7 cm³/mol. The Morgan fingerprint density at radius 2 is 2.15 bits per heavy atom. The normalized spacial score (nSPS) is 18.7. The highest BCUT2D eigenvalue weighted by atomic mass is 16.2. The Kier molecular flexibility index (Phi) is 4.77. The molecule has 0 aliphatic carbocycles. The van der Waals surface area contributed by atoms with Crippen molar-refractivity contribution < 1.29 is 9.59 Å². The van der Waals surface area contributed by atoms with Crippen LogP contribution < -0.4 is 5.32 Å². The summed E-state index contributed by atoms with van der Waals surface area (Å²) in [6.07, 6.45) is 3.76. The van der Waals surface area contributed by atoms with Crippen LogP contribution in [0.1, 0.15) is 49.9 Å². The molecule has 0 aromatic heterocycles. The number of likely N-dealkylation sites (tertiary alicyclic amines) is 1. The van der Waals surface area contributed by atoms with Crippen LogP contribution in [0.25, 0.3) is 0 Å². The maximum atomic E-state index is 12.5. The second-order valence-electron chi connectivity index (χ2n) is 5.33. The van der Waals surface area contributed by atoms with Gasteiger partial charge < -0.3 is 10.2 Å². The highest BCUT2D eigenvalue weighted by Crippen LogP contribution is 2.20. The minimum atomic E-state index is -0.0408. The van der Waals surface area contributed by atoms with Crippen LogP contribution in [0.3, 0.4) is 0 Å². The molecule has 1 aliphatic heterocycles. The van der Waals surface area contributed by atoms with Crippen molar-refractivity contribution in [3.05, 3.63) is 29.8 Å². The lowest BCUT2D eigenvalue weighted by Crippen LogP contribution is -2.42. The summed E-state index contributed by atoms with van der Waals surface area (Å²) in [4.78, 5) is 25.9. The molecule has 1 heterocycles. The number of nitrogens with zero attached hydrogens (tertiary/aromatic N) is 1. The standard InChI is InChI=1S/C16H22N2O2/c1-3-15(19)17-14-9-6-8-13(11-14)16(20)18-10-5-4-7-12(18)2/h6,8-9,11-12H,3-5,7,10H2,1-2H3,(H,17,19). The SMILES string of the molecule is CCC(=O)Nc1cccc(C(=O)N2CCCCC2C)c1. The van der Waals surface area contributed by atoms with Crippen molar-refractivity contribution >= 4 is 17.5 Å². The summed E-state index contributed by atoms with van der Waals surface area (Å²) < 4.78 is 0. The first-order valence-corrected chi connectivity index (χ1v) is 7.32. The van der Waals surface area contributed by atoms with Crippen LogP contribution in [0, 0.1) is 0 Å². The number of amides is 2. The molecule has 1 N–H and O–H groups in total. The van der Waals surface area contributed by atoms with Gasteiger partial charge in [-0.3, -0.25) is 9.59 Å². The number of hydrogen-bond acceptors (Lipinski definition) is 2. The molecule has 1 unspecified atom stereocenters. The van der Waals surface area contributed by atoms with E-state index in [0.717, 1.165) is 19.4 Å². The molecule has 0 saturated carbocycles. The van der Waals surface area contributed by atoms with Gasteiger partial charge in [0.15, 0.2) is 0 Å². The van der Waals surface area contributed by atoms with Crippen LogP contribution in [0.5, 0.6) is 0 Å². The number of carbonyl (C=O) groups is 2. The second kappa shape index (κ2) is 6.55. The quantitative estimate of drug-likeness (QED) is 0.921. The molecular weight excluding hydrogens is 252 g/mol. The predicted octanol–water partition coefficient (Wildman–Crippen LogP) is 3.05. The van der Waals surface area contributed by atoms with Crippen molar-refractivity contribution in [3.8, 4) is 0 Å². The van der Waals surface area contributed by atoms with E-state index >= 15 is 0 Å². The van der Waals surface area contributed by atoms with E-state index in [0.29, 0.717) is 23.7 Å². The zero-order valence-electron chi connectivity index (χ0n) is 12.2. The van der Waals surface area contributed by atoms with E-state index in [1.165, 1.54) is 6.42 Å². The lowest BCUT2D eigenvalue weighted by Gasteiger charge is -2.33. The summed E-state index contributed by atoms with van der Waals surface area (Å²) in [5, 5.41) is 2.79. The van der Waals surface area contributed by atoms with Crippen molar-refractivity contribution in [2.75, 3.05) is 11.9 Å². The van der Waals surface area contributed by atoms with Crippen LogP contribution >= 0.6 is 0 Å². The van der Waals surface area contributed by atoms with Gasteiger partial charge in [-0.15, -0.1) is 0 Å². The maximum absolute atomic E-state index is 12.5. The zero-order valence-corrected chi connectivity index (χ0v) is 12.2. The summed E-state index contributed by atoms with van der Waals surface area (Å²) in [6, 6.07) is 7.49. The Morgan fingerprint density at radius 3 is 2.85 bits per heavy atom. The van der Waals surface area contributed by atoms with Gasteiger partial charge in [0.25, 0.3) is 5.91 Å². The fourth-order valence-corrected chi connectivity index (χ4v) is 2.55. The first-order chi connectivity index (χ1) is 9.61. The minimum Gasteiger partial charge on any atom is -0.336 e. The number of anilines is 1. The van der Waals surface area contributed by atoms with Crippen LogP contribution in [0.15, 0.2) is 24.3 Å². The Morgan fingerprint density at radius 1 is 1.35 bits per heavy atom. The van der Waals surface area contributed by atoms with Gasteiger partial charge in [0, 0.05) is 30.3 Å². The van der Waals surface area contributed by atoms with E-state index in [9.17, 15) is 9.59 Å². The van der Waals surface area contributed by atoms with Crippen molar-refractivity contribution in [2.24, 2.45) is 0 Å². The fraction of sp³-hybridized carbons (Fsp3) is 0.500. The van der Waals surface area contributed by atoms with E-state index in [2.05, 4.69) is 12.2 Å². The number of benzene rings is 1. The lowest BCUT2D eigenvalue weighted by atomic mass is 10.0. The molecule has 4 nitrogen and oxygen atoms in total. The average molecular weight is 274 g/mol. The number of rotatable bonds is 3. The molecule has 1 aromatic carbocycles. The van der Waals surface area contributed by atoms with E-state index in [1.54, 1.807) is 13.0 Å². The molecule has 0 bridgehead atoms. The van der Waals surface area contributed by atoms with Gasteiger partial charge >= 0.3 is 0 Å². The molecule has 20 heavy (non-hydrogen) atoms. The fourth-order valence-electron chi connectivity index (χ4n) is 2.55. The van der Waals surface area contributed by atoms with Crippen molar-refractivity contribution in [1.82, 2.24) is 4.90 Å². The Bertz CT molecular complexity index is 499. The Balaban J connectivity index is 2.13. The molecule has 1 atom stereocenters. The lowest BCUT2D eigenvalue weighted by molar-refractivity contribution is -0.115. The second-order valence-corrected chi connectivity index (χ2v) is 5.33. The minimum absolute atomic E-state index is 0.0408. The maximum Gasteiger partial charge on any atom is 0.254 e. The number of hydrogen-bond donors (Lipinski definition) is 1. The zero-order chi connectivity index (χ0) is 14.5. The topological polar surface area (TPSA) is 49.4 Å². The van der Waals surface area contributed by atoms with Gasteiger partial charge in [0.05, 0.1) is 0 Å². The monoisotopic (exact) mass is 274 g/mol. The summed E-state index contributed by atoms with van der Waals surface area (Å²) in [6.45, 7) is 4.73. The van der Waals surface area contributed by atoms with Crippen molar-refractivity contribution in [2.45, 2.75) is 45.6 Å². The Labute approximate surface area is 120 Å². The smallest absolute Gasteiger partial charge is 0.254 e. The van der Waals surface area contributed by atoms with Gasteiger partial charge in [-0.2, -0.15) is 0 Å². The van der Waals surface area contributed by atoms with Crippen molar-refractivity contribution in [3.63, 3.8) is 0 Å². The van der Waals surface area contributed by atoms with Gasteiger partial charge in [-0.25, -0.2) is 0 Å². The molecule has 1 aromatic rings. The molecule has 4 heteroatoms. The first-order valence-electron chi connectivity index (χ1n) is 7.32. The first kappa shape index (κ1) is 14.6. The van der Waals surface area contributed by atoms with Crippen LogP contribution in [0.2, 0.25) is 0 Å². The average Bonchev–Trinajstić information content (AvgIpc) is 2.47. The molecular formula is C16H22N2O2. The highest BCUT2D eigenvalue weighted by molar-refractivity contribution is 5.97. The summed E-state index contributed by atoms with van der Waals surface area (Å²) in [5.74, 6) is 0.0192. The van der Waals surface area contributed by atoms with Gasteiger partial charge in [-0.1, -0.05) is 13.0 Å². The number of carbonyl (C=O) groups excluding carboxylic acids is 2. The summed E-state index contributed by atoms with van der Waals surface area (Å²) in [5.41, 5.74) is 1.33. The molecule has 1 saturated heterocycles. The summed E-state index contributed by atoms with van der Waals surface area (Å²) in [7, 11) is 0. The van der Waals surface area contributed by atoms with Gasteiger partial charge in [0.2, 0.25) is 5.91 Å². The third-order valence-corrected chi connectivity index (χ3v) is 3.78. The third kappa shape index (κ3) is 3.38. The van der Waals surface area contributed by atoms with Crippen molar-refractivity contribution in [1.29, 1.82) is 0 Å². The van der Waals surface area contributed by atoms with Gasteiger partial charge in [-0.05, 0) is 44.4 Å². The largest absolute Gasteiger partial charge is 0.336 e. The molecule has 1 aliphatic rings. The third-order valence-electron chi connectivity index (χ3n) is 3.78. The molecule has 2 amide bonds. The summed E-state index contributed by atoms with van der Waals surface area (Å²) >= 11 is 0. The van der Waals surface area contributed by atoms with Gasteiger partial charge in [0.1, 0.15) is 0 Å². The van der Waals surface area contributed by atoms with E-state index in [4.69, 9.17) is 0 Å². The highest BCUT2D eigenvalue weighted by Gasteiger charge is 2.24. The molecule has 108 valence electrons. The Hall–Kier alpha value is -1.84. The van der Waals surface area contributed by atoms with E-state index < -0.39 is 0 Å². The number of piperidine rings is 1. The molecule has 2 rings (SSSR count). The molecule has 0 radical (unpaired) electrons. The van der Waals surface area contributed by atoms with Crippen LogP contribution in [0.4, 0.5) is 5.69 Å².